The Morgan fingerprint density at radius 1 is 1.60 bits per heavy atom. The van der Waals surface area contributed by atoms with E-state index in [2.05, 4.69) is 4.98 Å². The van der Waals surface area contributed by atoms with Crippen LogP contribution in [0.4, 0.5) is 0 Å². The van der Waals surface area contributed by atoms with Gasteiger partial charge in [0.15, 0.2) is 0 Å². The number of pyridine rings is 1. The second kappa shape index (κ2) is 5.14. The van der Waals surface area contributed by atoms with Crippen LogP contribution in [0, 0.1) is 11.3 Å². The van der Waals surface area contributed by atoms with Crippen molar-refractivity contribution in [2.45, 2.75) is 4.90 Å². The molecule has 0 aliphatic carbocycles. The van der Waals surface area contributed by atoms with Gasteiger partial charge in [-0.1, -0.05) is 0 Å². The Balaban J connectivity index is 2.55. The van der Waals surface area contributed by atoms with Crippen molar-refractivity contribution in [1.29, 1.82) is 5.26 Å². The van der Waals surface area contributed by atoms with Gasteiger partial charge < -0.3 is 0 Å². The Labute approximate surface area is 93.3 Å². The summed E-state index contributed by atoms with van der Waals surface area (Å²) in [5.74, 6) is 0.635. The lowest BCUT2D eigenvalue weighted by Gasteiger charge is -2.00. The molecule has 0 saturated carbocycles. The fourth-order valence-electron chi connectivity index (χ4n) is 0.873. The highest BCUT2D eigenvalue weighted by molar-refractivity contribution is 8.00. The van der Waals surface area contributed by atoms with Crippen molar-refractivity contribution in [2.75, 3.05) is 17.8 Å². The van der Waals surface area contributed by atoms with E-state index in [4.69, 9.17) is 5.26 Å². The molecule has 0 unspecified atom stereocenters. The van der Waals surface area contributed by atoms with Gasteiger partial charge in [0, 0.05) is 23.1 Å². The summed E-state index contributed by atoms with van der Waals surface area (Å²) in [6.45, 7) is 0. The lowest BCUT2D eigenvalue weighted by molar-refractivity contribution is 0.603. The Morgan fingerprint density at radius 2 is 2.33 bits per heavy atom. The maximum Gasteiger partial charge on any atom is 0.148 e. The van der Waals surface area contributed by atoms with Gasteiger partial charge in [0.2, 0.25) is 0 Å². The van der Waals surface area contributed by atoms with Crippen molar-refractivity contribution in [3.63, 3.8) is 0 Å². The van der Waals surface area contributed by atoms with Gasteiger partial charge in [-0.15, -0.1) is 11.8 Å². The van der Waals surface area contributed by atoms with E-state index in [0.29, 0.717) is 11.4 Å². The van der Waals surface area contributed by atoms with E-state index in [-0.39, 0.29) is 5.75 Å². The minimum absolute atomic E-state index is 0.141. The molecule has 15 heavy (non-hydrogen) atoms. The van der Waals surface area contributed by atoms with Crippen LogP contribution in [0.15, 0.2) is 23.2 Å². The minimum atomic E-state index is -2.91. The third-order valence-corrected chi connectivity index (χ3v) is 3.77. The fraction of sp³-hybridized carbons (Fsp3) is 0.333. The van der Waals surface area contributed by atoms with Crippen LogP contribution in [0.1, 0.15) is 5.69 Å². The highest BCUT2D eigenvalue weighted by Crippen LogP contribution is 2.17. The van der Waals surface area contributed by atoms with Gasteiger partial charge in [-0.25, -0.2) is 13.4 Å². The highest BCUT2D eigenvalue weighted by atomic mass is 32.2. The van der Waals surface area contributed by atoms with E-state index in [0.717, 1.165) is 4.90 Å². The molecule has 0 bridgehead atoms. The average Bonchev–Trinajstić information content (AvgIpc) is 2.16. The van der Waals surface area contributed by atoms with Crippen molar-refractivity contribution in [1.82, 2.24) is 4.98 Å². The SMILES string of the molecule is CS(=O)(=O)CCSc1ccnc(C#N)c1. The number of aromatic nitrogens is 1. The van der Waals surface area contributed by atoms with E-state index in [1.54, 1.807) is 18.3 Å². The number of thioether (sulfide) groups is 1. The van der Waals surface area contributed by atoms with E-state index >= 15 is 0 Å². The summed E-state index contributed by atoms with van der Waals surface area (Å²) < 4.78 is 21.7. The molecule has 0 fully saturated rings. The van der Waals surface area contributed by atoms with Crippen molar-refractivity contribution >= 4 is 21.6 Å². The molecule has 0 atom stereocenters. The zero-order valence-electron chi connectivity index (χ0n) is 8.17. The monoisotopic (exact) mass is 242 g/mol. The summed E-state index contributed by atoms with van der Waals surface area (Å²) in [6.07, 6.45) is 2.75. The molecule has 0 spiro atoms. The molecular weight excluding hydrogens is 232 g/mol. The second-order valence-corrected chi connectivity index (χ2v) is 6.40. The Morgan fingerprint density at radius 3 is 2.93 bits per heavy atom. The summed E-state index contributed by atoms with van der Waals surface area (Å²) in [5, 5.41) is 8.60. The average molecular weight is 242 g/mol. The van der Waals surface area contributed by atoms with Crippen molar-refractivity contribution in [3.05, 3.63) is 24.0 Å². The summed E-state index contributed by atoms with van der Waals surface area (Å²) >= 11 is 1.41. The third kappa shape index (κ3) is 4.81. The maximum atomic E-state index is 10.9. The van der Waals surface area contributed by atoms with Crippen molar-refractivity contribution in [2.24, 2.45) is 0 Å². The Kier molecular flexibility index (Phi) is 4.12. The summed E-state index contributed by atoms with van der Waals surface area (Å²) in [7, 11) is -2.91. The first kappa shape index (κ1) is 12.0. The first-order chi connectivity index (χ1) is 7.01. The fourth-order valence-corrected chi connectivity index (χ4v) is 3.01. The molecule has 0 aliphatic heterocycles. The lowest BCUT2D eigenvalue weighted by atomic mass is 10.4. The van der Waals surface area contributed by atoms with Gasteiger partial charge in [0.05, 0.1) is 5.75 Å². The van der Waals surface area contributed by atoms with Gasteiger partial charge in [0.1, 0.15) is 21.6 Å². The first-order valence-electron chi connectivity index (χ1n) is 4.18. The number of rotatable bonds is 4. The van der Waals surface area contributed by atoms with Crippen LogP contribution in [-0.4, -0.2) is 31.2 Å². The van der Waals surface area contributed by atoms with Crippen LogP contribution in [0.2, 0.25) is 0 Å². The van der Waals surface area contributed by atoms with Crippen LogP contribution in [0.25, 0.3) is 0 Å². The largest absolute Gasteiger partial charge is 0.245 e. The molecule has 4 nitrogen and oxygen atoms in total. The van der Waals surface area contributed by atoms with Gasteiger partial charge in [-0.05, 0) is 12.1 Å². The Hall–Kier alpha value is -1.06. The normalized spacial score (nSPS) is 10.9. The molecule has 6 heteroatoms. The topological polar surface area (TPSA) is 70.8 Å². The predicted octanol–water partition coefficient (Wildman–Crippen LogP) is 1.09. The first-order valence-corrected chi connectivity index (χ1v) is 7.22. The molecule has 1 rings (SSSR count). The number of nitrogens with zero attached hydrogens (tertiary/aromatic N) is 2. The number of nitriles is 1. The molecule has 1 heterocycles. The molecule has 0 N–H and O–H groups in total. The molecule has 0 radical (unpaired) electrons. The summed E-state index contributed by atoms with van der Waals surface area (Å²) in [6, 6.07) is 5.33. The zero-order valence-corrected chi connectivity index (χ0v) is 9.81. The molecule has 0 aliphatic rings. The maximum absolute atomic E-state index is 10.9. The standard InChI is InChI=1S/C9H10N2O2S2/c1-15(12,13)5-4-14-9-2-3-11-8(6-9)7-10/h2-3,6H,4-5H2,1H3. The molecular formula is C9H10N2O2S2. The van der Waals surface area contributed by atoms with Gasteiger partial charge in [-0.2, -0.15) is 5.26 Å². The van der Waals surface area contributed by atoms with Crippen LogP contribution in [0.3, 0.4) is 0 Å². The minimum Gasteiger partial charge on any atom is -0.245 e. The molecule has 1 aromatic rings. The van der Waals surface area contributed by atoms with Crippen molar-refractivity contribution < 1.29 is 8.42 Å². The third-order valence-electron chi connectivity index (χ3n) is 1.57. The molecule has 80 valence electrons. The summed E-state index contributed by atoms with van der Waals surface area (Å²) in [5.41, 5.74) is 0.347. The summed E-state index contributed by atoms with van der Waals surface area (Å²) in [4.78, 5) is 4.69. The van der Waals surface area contributed by atoms with E-state index < -0.39 is 9.84 Å². The van der Waals surface area contributed by atoms with Gasteiger partial charge in [0.25, 0.3) is 0 Å². The highest BCUT2D eigenvalue weighted by Gasteiger charge is 2.03. The molecule has 1 aromatic heterocycles. The van der Waals surface area contributed by atoms with E-state index in [1.807, 2.05) is 6.07 Å². The molecule has 0 aromatic carbocycles. The van der Waals surface area contributed by atoms with Gasteiger partial charge in [-0.3, -0.25) is 0 Å². The lowest BCUT2D eigenvalue weighted by Crippen LogP contribution is -2.04. The van der Waals surface area contributed by atoms with Crippen LogP contribution in [0.5, 0.6) is 0 Å². The van der Waals surface area contributed by atoms with Gasteiger partial charge >= 0.3 is 0 Å². The number of hydrogen-bond donors (Lipinski definition) is 0. The van der Waals surface area contributed by atoms with Crippen LogP contribution < -0.4 is 0 Å². The van der Waals surface area contributed by atoms with Crippen LogP contribution in [-0.2, 0) is 9.84 Å². The second-order valence-electron chi connectivity index (χ2n) is 2.97. The predicted molar refractivity (Wildman–Crippen MR) is 59.4 cm³/mol. The van der Waals surface area contributed by atoms with E-state index in [1.165, 1.54) is 18.0 Å². The van der Waals surface area contributed by atoms with Crippen LogP contribution >= 0.6 is 11.8 Å². The number of hydrogen-bond acceptors (Lipinski definition) is 5. The van der Waals surface area contributed by atoms with Crippen molar-refractivity contribution in [3.8, 4) is 6.07 Å². The van der Waals surface area contributed by atoms with E-state index in [9.17, 15) is 8.42 Å². The smallest absolute Gasteiger partial charge is 0.148 e. The number of sulfone groups is 1. The zero-order chi connectivity index (χ0) is 11.3. The quantitative estimate of drug-likeness (QED) is 0.739. The molecule has 0 amide bonds. The Bertz CT molecular complexity index is 477. The molecule has 0 saturated heterocycles.